The topological polar surface area (TPSA) is 49.3 Å². The molecule has 1 fully saturated rings. The van der Waals surface area contributed by atoms with Gasteiger partial charge in [0, 0.05) is 49.1 Å². The number of alkyl halides is 3. The maximum Gasteiger partial charge on any atom is 0.416 e. The second-order valence-corrected chi connectivity index (χ2v) is 9.15. The van der Waals surface area contributed by atoms with Crippen molar-refractivity contribution in [1.29, 1.82) is 0 Å². The summed E-state index contributed by atoms with van der Waals surface area (Å²) in [6.45, 7) is 2.46. The molecule has 4 aromatic rings. The molecular formula is C28H27F3N4O. The predicted octanol–water partition coefficient (Wildman–Crippen LogP) is 6.44. The average molecular weight is 493 g/mol. The third kappa shape index (κ3) is 5.54. The van der Waals surface area contributed by atoms with Crippen LogP contribution in [-0.4, -0.2) is 34.6 Å². The van der Waals surface area contributed by atoms with Crippen LogP contribution in [0.2, 0.25) is 0 Å². The van der Waals surface area contributed by atoms with E-state index in [9.17, 15) is 18.0 Å². The summed E-state index contributed by atoms with van der Waals surface area (Å²) >= 11 is 0. The summed E-state index contributed by atoms with van der Waals surface area (Å²) in [6.07, 6.45) is 1.18. The van der Waals surface area contributed by atoms with E-state index in [-0.39, 0.29) is 12.1 Å². The molecule has 1 saturated heterocycles. The second kappa shape index (κ2) is 10.1. The number of carbonyl (C=O) groups excluding carboxylic acids is 1. The smallest absolute Gasteiger partial charge is 0.335 e. The van der Waals surface area contributed by atoms with Gasteiger partial charge < -0.3 is 15.2 Å². The van der Waals surface area contributed by atoms with E-state index in [0.29, 0.717) is 5.69 Å². The number of likely N-dealkylation sites (tertiary alicyclic amines) is 1. The van der Waals surface area contributed by atoms with Crippen LogP contribution in [0.3, 0.4) is 0 Å². The third-order valence-electron chi connectivity index (χ3n) is 6.61. The minimum atomic E-state index is -4.34. The van der Waals surface area contributed by atoms with Gasteiger partial charge in [0.1, 0.15) is 0 Å². The highest BCUT2D eigenvalue weighted by Crippen LogP contribution is 2.30. The largest absolute Gasteiger partial charge is 0.416 e. The Morgan fingerprint density at radius 2 is 1.64 bits per heavy atom. The Morgan fingerprint density at radius 1 is 0.917 bits per heavy atom. The van der Waals surface area contributed by atoms with E-state index in [0.717, 1.165) is 66.6 Å². The van der Waals surface area contributed by atoms with E-state index in [2.05, 4.69) is 15.5 Å². The number of aromatic nitrogens is 1. The predicted molar refractivity (Wildman–Crippen MR) is 135 cm³/mol. The maximum atomic E-state index is 12.8. The number of hydrogen-bond donors (Lipinski definition) is 2. The first-order chi connectivity index (χ1) is 17.3. The van der Waals surface area contributed by atoms with Crippen LogP contribution in [0.1, 0.15) is 24.0 Å². The molecule has 2 amide bonds. The van der Waals surface area contributed by atoms with Gasteiger partial charge in [0.05, 0.1) is 11.3 Å². The number of nitrogens with one attached hydrogen (secondary N) is 2. The molecule has 2 heterocycles. The van der Waals surface area contributed by atoms with Crippen LogP contribution in [0.25, 0.3) is 16.5 Å². The molecule has 0 aliphatic carbocycles. The van der Waals surface area contributed by atoms with Crippen molar-refractivity contribution in [3.8, 4) is 5.69 Å². The summed E-state index contributed by atoms with van der Waals surface area (Å²) < 4.78 is 40.2. The number of carbonyl (C=O) groups is 1. The zero-order valence-corrected chi connectivity index (χ0v) is 19.6. The lowest BCUT2D eigenvalue weighted by Gasteiger charge is -2.32. The number of anilines is 1. The zero-order valence-electron chi connectivity index (χ0n) is 19.6. The van der Waals surface area contributed by atoms with E-state index >= 15 is 0 Å². The van der Waals surface area contributed by atoms with Crippen LogP contribution in [0.5, 0.6) is 0 Å². The first kappa shape index (κ1) is 23.9. The molecule has 0 atom stereocenters. The van der Waals surface area contributed by atoms with E-state index in [1.165, 1.54) is 12.1 Å². The van der Waals surface area contributed by atoms with Gasteiger partial charge in [0.2, 0.25) is 0 Å². The molecule has 5 nitrogen and oxygen atoms in total. The molecule has 0 unspecified atom stereocenters. The highest BCUT2D eigenvalue weighted by Gasteiger charge is 2.30. The standard InChI is InChI=1S/C28H27F3N4O/c29-28(30,31)22-8-10-24(11-9-22)35-17-12-20(19-35)18-34-15-13-23(14-16-34)32-27(36)33-26-7-3-5-21-4-1-2-6-25(21)26/h1-12,17,19,23H,13-16,18H2,(H2,32,33,36). The van der Waals surface area contributed by atoms with Crippen molar-refractivity contribution < 1.29 is 18.0 Å². The molecule has 0 bridgehead atoms. The Hall–Kier alpha value is -3.78. The molecule has 1 aliphatic heterocycles. The first-order valence-electron chi connectivity index (χ1n) is 12.0. The Kier molecular flexibility index (Phi) is 6.69. The lowest BCUT2D eigenvalue weighted by Crippen LogP contribution is -2.45. The van der Waals surface area contributed by atoms with Gasteiger partial charge in [-0.1, -0.05) is 36.4 Å². The van der Waals surface area contributed by atoms with Gasteiger partial charge >= 0.3 is 12.2 Å². The summed E-state index contributed by atoms with van der Waals surface area (Å²) in [6, 6.07) is 20.9. The molecule has 1 aliphatic rings. The number of amides is 2. The van der Waals surface area contributed by atoms with Crippen molar-refractivity contribution in [3.05, 3.63) is 96.3 Å². The van der Waals surface area contributed by atoms with E-state index in [1.54, 1.807) is 0 Å². The molecule has 0 spiro atoms. The molecule has 3 aromatic carbocycles. The van der Waals surface area contributed by atoms with Gasteiger partial charge in [0.15, 0.2) is 0 Å². The monoisotopic (exact) mass is 492 g/mol. The Bertz CT molecular complexity index is 1330. The first-order valence-corrected chi connectivity index (χ1v) is 12.0. The lowest BCUT2D eigenvalue weighted by molar-refractivity contribution is -0.137. The normalized spacial score (nSPS) is 15.2. The van der Waals surface area contributed by atoms with Gasteiger partial charge in [-0.25, -0.2) is 4.79 Å². The highest BCUT2D eigenvalue weighted by atomic mass is 19.4. The fraction of sp³-hybridized carbons (Fsp3) is 0.250. The van der Waals surface area contributed by atoms with E-state index in [1.807, 2.05) is 65.5 Å². The third-order valence-corrected chi connectivity index (χ3v) is 6.61. The number of piperidine rings is 1. The fourth-order valence-electron chi connectivity index (χ4n) is 4.69. The number of halogens is 3. The van der Waals surface area contributed by atoms with E-state index < -0.39 is 11.7 Å². The summed E-state index contributed by atoms with van der Waals surface area (Å²) in [7, 11) is 0. The summed E-state index contributed by atoms with van der Waals surface area (Å²) in [5.41, 5.74) is 1.92. The Morgan fingerprint density at radius 3 is 2.39 bits per heavy atom. The minimum absolute atomic E-state index is 0.105. The number of rotatable bonds is 5. The van der Waals surface area contributed by atoms with Gasteiger partial charge in [-0.05, 0) is 60.2 Å². The number of fused-ring (bicyclic) bond motifs is 1. The molecule has 0 radical (unpaired) electrons. The van der Waals surface area contributed by atoms with Crippen LogP contribution in [0.4, 0.5) is 23.7 Å². The van der Waals surface area contributed by atoms with Crippen LogP contribution in [0, 0.1) is 0 Å². The van der Waals surface area contributed by atoms with Crippen molar-refractivity contribution >= 4 is 22.5 Å². The lowest BCUT2D eigenvalue weighted by atomic mass is 10.0. The molecular weight excluding hydrogens is 465 g/mol. The fourth-order valence-corrected chi connectivity index (χ4v) is 4.69. The highest BCUT2D eigenvalue weighted by molar-refractivity contribution is 6.01. The summed E-state index contributed by atoms with van der Waals surface area (Å²) in [5, 5.41) is 8.17. The molecule has 8 heteroatoms. The van der Waals surface area contributed by atoms with Gasteiger partial charge in [0.25, 0.3) is 0 Å². The van der Waals surface area contributed by atoms with Crippen LogP contribution >= 0.6 is 0 Å². The van der Waals surface area contributed by atoms with Crippen LogP contribution in [-0.2, 0) is 12.7 Å². The maximum absolute atomic E-state index is 12.8. The van der Waals surface area contributed by atoms with E-state index in [4.69, 9.17) is 0 Å². The van der Waals surface area contributed by atoms with Crippen LogP contribution in [0.15, 0.2) is 85.2 Å². The second-order valence-electron chi connectivity index (χ2n) is 9.15. The van der Waals surface area contributed by atoms with Crippen molar-refractivity contribution in [2.45, 2.75) is 31.6 Å². The summed E-state index contributed by atoms with van der Waals surface area (Å²) in [4.78, 5) is 14.9. The SMILES string of the molecule is O=C(Nc1cccc2ccccc12)NC1CCN(Cc2ccn(-c3ccc(C(F)(F)F)cc3)c2)CC1. The quantitative estimate of drug-likeness (QED) is 0.337. The van der Waals surface area contributed by atoms with Crippen molar-refractivity contribution in [3.63, 3.8) is 0 Å². The van der Waals surface area contributed by atoms with Gasteiger partial charge in [-0.2, -0.15) is 13.2 Å². The number of nitrogens with zero attached hydrogens (tertiary/aromatic N) is 2. The minimum Gasteiger partial charge on any atom is -0.335 e. The van der Waals surface area contributed by atoms with Crippen LogP contribution < -0.4 is 10.6 Å². The van der Waals surface area contributed by atoms with Crippen molar-refractivity contribution in [1.82, 2.24) is 14.8 Å². The average Bonchev–Trinajstić information content (AvgIpc) is 3.33. The van der Waals surface area contributed by atoms with Crippen molar-refractivity contribution in [2.75, 3.05) is 18.4 Å². The Balaban J connectivity index is 1.11. The summed E-state index contributed by atoms with van der Waals surface area (Å²) in [5.74, 6) is 0. The molecule has 0 saturated carbocycles. The number of urea groups is 1. The molecule has 2 N–H and O–H groups in total. The number of hydrogen-bond acceptors (Lipinski definition) is 2. The van der Waals surface area contributed by atoms with Gasteiger partial charge in [-0.15, -0.1) is 0 Å². The van der Waals surface area contributed by atoms with Crippen molar-refractivity contribution in [2.24, 2.45) is 0 Å². The molecule has 5 rings (SSSR count). The molecule has 36 heavy (non-hydrogen) atoms. The number of benzene rings is 3. The molecule has 1 aromatic heterocycles. The van der Waals surface area contributed by atoms with Gasteiger partial charge in [-0.3, -0.25) is 4.90 Å². The Labute approximate surface area is 207 Å². The zero-order chi connectivity index (χ0) is 25.1. The molecule has 186 valence electrons.